The van der Waals surface area contributed by atoms with Crippen LogP contribution in [-0.4, -0.2) is 55.3 Å². The van der Waals surface area contributed by atoms with Gasteiger partial charge in [0.1, 0.15) is 5.00 Å². The maximum Gasteiger partial charge on any atom is 0.340 e. The number of aryl methyl sites for hydroxylation is 1. The van der Waals surface area contributed by atoms with Crippen LogP contribution in [0.3, 0.4) is 0 Å². The number of nitrogens with zero attached hydrogens (tertiary/aromatic N) is 1. The lowest BCUT2D eigenvalue weighted by atomic mass is 10.1. The third-order valence-electron chi connectivity index (χ3n) is 4.45. The number of amides is 1. The molecule has 154 valence electrons. The van der Waals surface area contributed by atoms with Crippen LogP contribution in [0.15, 0.2) is 30.3 Å². The molecular weight excluding hydrogens is 410 g/mol. The van der Waals surface area contributed by atoms with Crippen LogP contribution in [0.25, 0.3) is 0 Å². The molecule has 0 aliphatic carbocycles. The Morgan fingerprint density at radius 1 is 1.21 bits per heavy atom. The second kappa shape index (κ2) is 9.82. The molecule has 2 heterocycles. The van der Waals surface area contributed by atoms with Crippen molar-refractivity contribution in [1.29, 1.82) is 0 Å². The lowest BCUT2D eigenvalue weighted by Gasteiger charge is -2.26. The number of hydrogen-bond donors (Lipinski definition) is 2. The Morgan fingerprint density at radius 2 is 1.90 bits per heavy atom. The molecule has 1 fully saturated rings. The van der Waals surface area contributed by atoms with Crippen LogP contribution >= 0.6 is 23.6 Å². The molecule has 0 unspecified atom stereocenters. The number of esters is 1. The summed E-state index contributed by atoms with van der Waals surface area (Å²) >= 11 is 6.84. The van der Waals surface area contributed by atoms with Crippen LogP contribution in [0.4, 0.5) is 10.7 Å². The summed E-state index contributed by atoms with van der Waals surface area (Å²) in [4.78, 5) is 27.3. The molecule has 0 radical (unpaired) electrons. The third kappa shape index (κ3) is 5.31. The lowest BCUT2D eigenvalue weighted by Crippen LogP contribution is -2.40. The van der Waals surface area contributed by atoms with E-state index in [1.165, 1.54) is 18.4 Å². The molecule has 1 aliphatic rings. The quantitative estimate of drug-likeness (QED) is 0.553. The van der Waals surface area contributed by atoms with E-state index in [-0.39, 0.29) is 5.91 Å². The molecule has 1 amide bonds. The molecule has 2 N–H and O–H groups in total. The second-order valence-electron chi connectivity index (χ2n) is 6.36. The molecule has 0 spiro atoms. The van der Waals surface area contributed by atoms with Crippen molar-refractivity contribution in [3.05, 3.63) is 46.3 Å². The fourth-order valence-electron chi connectivity index (χ4n) is 2.88. The van der Waals surface area contributed by atoms with Gasteiger partial charge in [0.15, 0.2) is 5.11 Å². The number of nitrogens with one attached hydrogen (secondary N) is 2. The summed E-state index contributed by atoms with van der Waals surface area (Å²) in [6, 6.07) is 8.95. The van der Waals surface area contributed by atoms with Crippen LogP contribution in [-0.2, 0) is 15.9 Å². The molecule has 1 aliphatic heterocycles. The van der Waals surface area contributed by atoms with E-state index in [1.807, 2.05) is 13.0 Å². The Labute approximate surface area is 179 Å². The molecule has 29 heavy (non-hydrogen) atoms. The summed E-state index contributed by atoms with van der Waals surface area (Å²) in [5.74, 6) is -0.411. The van der Waals surface area contributed by atoms with Gasteiger partial charge in [0, 0.05) is 29.2 Å². The molecule has 0 saturated carbocycles. The van der Waals surface area contributed by atoms with Crippen molar-refractivity contribution in [2.45, 2.75) is 13.3 Å². The van der Waals surface area contributed by atoms with Gasteiger partial charge in [0.25, 0.3) is 5.91 Å². The number of methoxy groups -OCH3 is 1. The van der Waals surface area contributed by atoms with E-state index in [1.54, 1.807) is 29.2 Å². The fourth-order valence-corrected chi connectivity index (χ4v) is 4.15. The molecule has 2 aromatic rings. The molecule has 0 atom stereocenters. The number of carbonyl (C=O) groups is 2. The zero-order valence-corrected chi connectivity index (χ0v) is 18.0. The zero-order chi connectivity index (χ0) is 20.8. The average Bonchev–Trinajstić information content (AvgIpc) is 3.16. The number of thiophene rings is 1. The molecule has 9 heteroatoms. The highest BCUT2D eigenvalue weighted by Gasteiger charge is 2.19. The largest absolute Gasteiger partial charge is 0.465 e. The van der Waals surface area contributed by atoms with Gasteiger partial charge < -0.3 is 25.0 Å². The summed E-state index contributed by atoms with van der Waals surface area (Å²) in [7, 11) is 1.35. The van der Waals surface area contributed by atoms with E-state index in [4.69, 9.17) is 21.7 Å². The average molecular weight is 434 g/mol. The molecule has 7 nitrogen and oxygen atoms in total. The Balaban J connectivity index is 1.63. The van der Waals surface area contributed by atoms with E-state index in [0.717, 1.165) is 17.0 Å². The van der Waals surface area contributed by atoms with Crippen molar-refractivity contribution in [3.8, 4) is 0 Å². The fraction of sp³-hybridized carbons (Fsp3) is 0.350. The summed E-state index contributed by atoms with van der Waals surface area (Å²) in [5.41, 5.74) is 1.83. The highest BCUT2D eigenvalue weighted by Crippen LogP contribution is 2.29. The molecular formula is C20H23N3O4S2. The van der Waals surface area contributed by atoms with E-state index in [9.17, 15) is 9.59 Å². The van der Waals surface area contributed by atoms with E-state index in [0.29, 0.717) is 47.5 Å². The maximum atomic E-state index is 12.5. The molecule has 3 rings (SSSR count). The van der Waals surface area contributed by atoms with Crippen LogP contribution in [0.1, 0.15) is 32.5 Å². The van der Waals surface area contributed by atoms with Crippen LogP contribution in [0, 0.1) is 0 Å². The van der Waals surface area contributed by atoms with E-state index >= 15 is 0 Å². The minimum Gasteiger partial charge on any atom is -0.465 e. The van der Waals surface area contributed by atoms with Crippen molar-refractivity contribution in [1.82, 2.24) is 4.90 Å². The van der Waals surface area contributed by atoms with Crippen LogP contribution in [0.5, 0.6) is 0 Å². The zero-order valence-electron chi connectivity index (χ0n) is 16.3. The van der Waals surface area contributed by atoms with Crippen molar-refractivity contribution in [3.63, 3.8) is 0 Å². The Hall–Kier alpha value is -2.49. The Morgan fingerprint density at radius 3 is 2.52 bits per heavy atom. The Kier molecular flexibility index (Phi) is 7.18. The van der Waals surface area contributed by atoms with Gasteiger partial charge in [-0.25, -0.2) is 4.79 Å². The minimum absolute atomic E-state index is 0.00560. The smallest absolute Gasteiger partial charge is 0.340 e. The van der Waals surface area contributed by atoms with Crippen molar-refractivity contribution in [2.24, 2.45) is 0 Å². The van der Waals surface area contributed by atoms with Gasteiger partial charge in [0.2, 0.25) is 0 Å². The first-order chi connectivity index (χ1) is 14.0. The number of benzene rings is 1. The first-order valence-electron chi connectivity index (χ1n) is 9.28. The number of rotatable bonds is 5. The molecule has 1 saturated heterocycles. The number of hydrogen-bond acceptors (Lipinski definition) is 6. The van der Waals surface area contributed by atoms with Crippen LogP contribution in [0.2, 0.25) is 0 Å². The lowest BCUT2D eigenvalue weighted by molar-refractivity contribution is 0.0303. The highest BCUT2D eigenvalue weighted by atomic mass is 32.1. The highest BCUT2D eigenvalue weighted by molar-refractivity contribution is 7.80. The van der Waals surface area contributed by atoms with Gasteiger partial charge >= 0.3 is 5.97 Å². The summed E-state index contributed by atoms with van der Waals surface area (Å²) < 4.78 is 10.1. The first kappa shape index (κ1) is 21.2. The maximum absolute atomic E-state index is 12.5. The monoisotopic (exact) mass is 433 g/mol. The van der Waals surface area contributed by atoms with Gasteiger partial charge in [-0.1, -0.05) is 6.92 Å². The summed E-state index contributed by atoms with van der Waals surface area (Å²) in [6.45, 7) is 4.38. The first-order valence-corrected chi connectivity index (χ1v) is 10.5. The van der Waals surface area contributed by atoms with Crippen molar-refractivity contribution >= 4 is 51.2 Å². The van der Waals surface area contributed by atoms with Gasteiger partial charge in [-0.2, -0.15) is 0 Å². The Bertz CT molecular complexity index is 890. The predicted molar refractivity (Wildman–Crippen MR) is 118 cm³/mol. The number of anilines is 2. The summed E-state index contributed by atoms with van der Waals surface area (Å²) in [5, 5.41) is 7.14. The van der Waals surface area contributed by atoms with Gasteiger partial charge in [-0.3, -0.25) is 4.79 Å². The van der Waals surface area contributed by atoms with E-state index in [2.05, 4.69) is 10.6 Å². The SMILES string of the molecule is CCc1cc(C(=O)OC)c(NC(=S)Nc2ccc(C(=O)N3CCOCC3)cc2)s1. The van der Waals surface area contributed by atoms with Gasteiger partial charge in [0.05, 0.1) is 25.9 Å². The topological polar surface area (TPSA) is 79.9 Å². The second-order valence-corrected chi connectivity index (χ2v) is 7.91. The van der Waals surface area contributed by atoms with Crippen molar-refractivity contribution in [2.75, 3.05) is 44.0 Å². The number of ether oxygens (including phenoxy) is 2. The number of thiocarbonyl (C=S) groups is 1. The summed E-state index contributed by atoms with van der Waals surface area (Å²) in [6.07, 6.45) is 0.815. The normalized spacial score (nSPS) is 13.7. The van der Waals surface area contributed by atoms with E-state index < -0.39 is 5.97 Å². The molecule has 0 bridgehead atoms. The number of carbonyl (C=O) groups excluding carboxylic acids is 2. The van der Waals surface area contributed by atoms with Gasteiger partial charge in [-0.05, 0) is 49.0 Å². The van der Waals surface area contributed by atoms with Crippen LogP contribution < -0.4 is 10.6 Å². The standard InChI is InChI=1S/C20H23N3O4S2/c1-3-15-12-16(19(25)26-2)17(29-15)22-20(28)21-14-6-4-13(5-7-14)18(24)23-8-10-27-11-9-23/h4-7,12H,3,8-11H2,1-2H3,(H2,21,22,28). The minimum atomic E-state index is -0.405. The molecule has 1 aromatic carbocycles. The third-order valence-corrected chi connectivity index (χ3v) is 5.85. The van der Waals surface area contributed by atoms with Gasteiger partial charge in [-0.15, -0.1) is 11.3 Å². The predicted octanol–water partition coefficient (Wildman–Crippen LogP) is 3.38. The van der Waals surface area contributed by atoms with Crippen molar-refractivity contribution < 1.29 is 19.1 Å². The molecule has 1 aromatic heterocycles. The number of morpholine rings is 1.